The lowest BCUT2D eigenvalue weighted by Crippen LogP contribution is -2.52. The number of hydrogen-bond acceptors (Lipinski definition) is 4. The van der Waals surface area contributed by atoms with E-state index in [9.17, 15) is 19.2 Å². The zero-order valence-corrected chi connectivity index (χ0v) is 23.8. The van der Waals surface area contributed by atoms with Crippen LogP contribution in [0.2, 0.25) is 0 Å². The monoisotopic (exact) mass is 586 g/mol. The Morgan fingerprint density at radius 1 is 0.545 bits per heavy atom. The van der Waals surface area contributed by atoms with Crippen LogP contribution in [0.4, 0.5) is 21.0 Å². The third-order valence-electron chi connectivity index (χ3n) is 10.3. The molecule has 0 radical (unpaired) electrons. The van der Waals surface area contributed by atoms with Gasteiger partial charge in [-0.05, 0) is 37.8 Å². The molecule has 8 aliphatic rings. The largest absolute Gasteiger partial charge is 0.359 e. The first kappa shape index (κ1) is 25.4. The minimum absolute atomic E-state index is 0.0710. The van der Waals surface area contributed by atoms with Crippen molar-refractivity contribution in [2.75, 3.05) is 9.80 Å². The van der Waals surface area contributed by atoms with Crippen molar-refractivity contribution in [3.63, 3.8) is 0 Å². The van der Waals surface area contributed by atoms with Crippen molar-refractivity contribution >= 4 is 57.1 Å². The molecule has 2 aromatic heterocycles. The van der Waals surface area contributed by atoms with Crippen molar-refractivity contribution in [3.05, 3.63) is 85.2 Å². The maximum Gasteiger partial charge on any atom is 0.332 e. The van der Waals surface area contributed by atoms with Gasteiger partial charge in [-0.15, -0.1) is 0 Å². The van der Waals surface area contributed by atoms with Gasteiger partial charge < -0.3 is 19.8 Å². The summed E-state index contributed by atoms with van der Waals surface area (Å²) in [6.45, 7) is 0. The zero-order chi connectivity index (χ0) is 29.7. The number of anilines is 2. The molecule has 2 aromatic carbocycles. The number of carbonyl (C=O) groups is 4. The summed E-state index contributed by atoms with van der Waals surface area (Å²) in [5.41, 5.74) is 3.20. The van der Waals surface area contributed by atoms with Gasteiger partial charge in [0.1, 0.15) is 12.1 Å². The number of aromatic nitrogens is 2. The van der Waals surface area contributed by atoms with E-state index in [1.807, 2.05) is 48.5 Å². The van der Waals surface area contributed by atoms with Crippen molar-refractivity contribution in [3.8, 4) is 0 Å². The number of nitrogens with zero attached hydrogens (tertiary/aromatic N) is 4. The quantitative estimate of drug-likeness (QED) is 0.245. The van der Waals surface area contributed by atoms with Crippen LogP contribution in [-0.2, 0) is 9.59 Å². The minimum atomic E-state index is -0.315. The van der Waals surface area contributed by atoms with Crippen LogP contribution < -0.4 is 9.80 Å². The number of urea groups is 2. The van der Waals surface area contributed by atoms with Crippen LogP contribution in [0.3, 0.4) is 0 Å². The Hall–Kier alpha value is -5.12. The van der Waals surface area contributed by atoms with Crippen LogP contribution in [0.1, 0.15) is 25.7 Å². The molecule has 4 saturated heterocycles. The highest BCUT2D eigenvalue weighted by Gasteiger charge is 2.56. The van der Waals surface area contributed by atoms with Gasteiger partial charge >= 0.3 is 12.1 Å². The van der Waals surface area contributed by atoms with Gasteiger partial charge in [-0.25, -0.2) is 19.4 Å². The first-order valence-electron chi connectivity index (χ1n) is 15.3. The summed E-state index contributed by atoms with van der Waals surface area (Å²) in [5, 5.41) is 1.81. The van der Waals surface area contributed by atoms with Crippen molar-refractivity contribution in [1.29, 1.82) is 0 Å². The van der Waals surface area contributed by atoms with Crippen LogP contribution in [-0.4, -0.2) is 67.8 Å². The first-order valence-corrected chi connectivity index (χ1v) is 15.3. The van der Waals surface area contributed by atoms with Gasteiger partial charge in [-0.3, -0.25) is 9.59 Å². The SMILES string of the molecule is O=C1[C@@H]2C3C=CC(CC3)N2C(=O)N1c1c[nH]c2ccccc12.O=C1[C@H]2C3C=CC(CC3)N2C(=O)N1c1c[nH]c2ccccc12. The molecule has 44 heavy (non-hydrogen) atoms. The number of carbonyl (C=O) groups excluding carboxylic acids is 4. The van der Waals surface area contributed by atoms with E-state index >= 15 is 0 Å². The molecule has 2 N–H and O–H groups in total. The lowest BCUT2D eigenvalue weighted by Gasteiger charge is -2.41. The Labute approximate surface area is 252 Å². The third kappa shape index (κ3) is 3.36. The fourth-order valence-electron chi connectivity index (χ4n) is 8.20. The van der Waals surface area contributed by atoms with Crippen molar-refractivity contribution in [2.24, 2.45) is 11.8 Å². The molecule has 4 fully saturated rings. The highest BCUT2D eigenvalue weighted by Crippen LogP contribution is 2.44. The van der Waals surface area contributed by atoms with E-state index in [0.717, 1.165) is 47.5 Å². The molecule has 0 saturated carbocycles. The lowest BCUT2D eigenvalue weighted by molar-refractivity contribution is -0.122. The summed E-state index contributed by atoms with van der Waals surface area (Å²) < 4.78 is 0. The number of aromatic amines is 2. The molecule has 4 aromatic rings. The average Bonchev–Trinajstić information content (AvgIpc) is 3.82. The lowest BCUT2D eigenvalue weighted by atomic mass is 9.80. The Morgan fingerprint density at radius 2 is 0.977 bits per heavy atom. The number of rotatable bonds is 2. The van der Waals surface area contributed by atoms with Crippen molar-refractivity contribution in [2.45, 2.75) is 49.9 Å². The number of amides is 6. The van der Waals surface area contributed by atoms with Crippen LogP contribution in [0, 0.1) is 11.8 Å². The van der Waals surface area contributed by atoms with E-state index in [-0.39, 0.29) is 59.9 Å². The van der Waals surface area contributed by atoms with Crippen LogP contribution >= 0.6 is 0 Å². The number of nitrogens with one attached hydrogen (secondary N) is 2. The summed E-state index contributed by atoms with van der Waals surface area (Å²) in [4.78, 5) is 64.1. The van der Waals surface area contributed by atoms with Crippen molar-refractivity contribution in [1.82, 2.24) is 19.8 Å². The summed E-state index contributed by atoms with van der Waals surface area (Å²) in [7, 11) is 0. The fourth-order valence-corrected chi connectivity index (χ4v) is 8.20. The van der Waals surface area contributed by atoms with Gasteiger partial charge in [0.25, 0.3) is 11.8 Å². The molecule has 6 amide bonds. The number of H-pyrrole nitrogens is 2. The second kappa shape index (κ2) is 9.19. The molecule has 8 heterocycles. The van der Waals surface area contributed by atoms with Gasteiger partial charge in [-0.2, -0.15) is 0 Å². The second-order valence-corrected chi connectivity index (χ2v) is 12.4. The molecule has 10 heteroatoms. The Kier molecular flexibility index (Phi) is 5.30. The maximum atomic E-state index is 12.9. The number of para-hydroxylation sites is 2. The fraction of sp³-hybridized carbons (Fsp3) is 0.294. The van der Waals surface area contributed by atoms with Crippen LogP contribution in [0.25, 0.3) is 21.8 Å². The van der Waals surface area contributed by atoms with Gasteiger partial charge in [-0.1, -0.05) is 60.7 Å². The zero-order valence-electron chi connectivity index (χ0n) is 23.8. The topological polar surface area (TPSA) is 113 Å². The average molecular weight is 587 g/mol. The number of benzene rings is 2. The molecule has 10 nitrogen and oxygen atoms in total. The number of piperidine rings is 2. The van der Waals surface area contributed by atoms with Gasteiger partial charge in [0, 0.05) is 46.0 Å². The number of hydrogen-bond donors (Lipinski definition) is 2. The van der Waals surface area contributed by atoms with E-state index in [1.54, 1.807) is 22.2 Å². The van der Waals surface area contributed by atoms with Crippen LogP contribution in [0.5, 0.6) is 0 Å². The van der Waals surface area contributed by atoms with E-state index in [4.69, 9.17) is 0 Å². The highest BCUT2D eigenvalue weighted by molar-refractivity contribution is 6.25. The second-order valence-electron chi connectivity index (χ2n) is 12.4. The summed E-state index contributed by atoms with van der Waals surface area (Å²) >= 11 is 0. The molecule has 6 atom stereocenters. The Morgan fingerprint density at radius 3 is 1.36 bits per heavy atom. The molecular weight excluding hydrogens is 556 g/mol. The predicted molar refractivity (Wildman–Crippen MR) is 165 cm³/mol. The van der Waals surface area contributed by atoms with Crippen molar-refractivity contribution < 1.29 is 19.2 Å². The standard InChI is InChI=1S/2C17H15N3O2/c2*21-16-15-10-5-7-11(8-6-10)19(15)17(22)20(16)14-9-18-13-4-2-1-3-12(13)14/h2*1-5,7,9-11,15,18H,6,8H2/t2*10?,11?,15-/m10/s1. The highest BCUT2D eigenvalue weighted by atomic mass is 16.2. The number of fused-ring (bicyclic) bond motifs is 4. The third-order valence-corrected chi connectivity index (χ3v) is 10.3. The number of imide groups is 2. The van der Waals surface area contributed by atoms with Crippen LogP contribution in [0.15, 0.2) is 85.2 Å². The molecule has 6 aliphatic heterocycles. The molecule has 4 unspecified atom stereocenters. The van der Waals surface area contributed by atoms with Gasteiger partial charge in [0.15, 0.2) is 0 Å². The van der Waals surface area contributed by atoms with Gasteiger partial charge in [0.05, 0.1) is 23.5 Å². The van der Waals surface area contributed by atoms with E-state index in [0.29, 0.717) is 11.4 Å². The normalized spacial score (nSPS) is 29.7. The maximum absolute atomic E-state index is 12.9. The predicted octanol–water partition coefficient (Wildman–Crippen LogP) is 5.31. The molecule has 0 spiro atoms. The molecule has 2 aliphatic carbocycles. The smallest absolute Gasteiger partial charge is 0.332 e. The summed E-state index contributed by atoms with van der Waals surface area (Å²) in [6.07, 6.45) is 15.8. The summed E-state index contributed by atoms with van der Waals surface area (Å²) in [5.74, 6) is 0.149. The van der Waals surface area contributed by atoms with E-state index in [1.165, 1.54) is 9.80 Å². The molecule has 220 valence electrons. The Balaban J connectivity index is 0.000000123. The van der Waals surface area contributed by atoms with E-state index in [2.05, 4.69) is 34.3 Å². The molecular formula is C34H30N6O4. The molecule has 4 bridgehead atoms. The van der Waals surface area contributed by atoms with E-state index < -0.39 is 0 Å². The minimum Gasteiger partial charge on any atom is -0.359 e. The Bertz CT molecular complexity index is 1750. The first-order chi connectivity index (χ1) is 21.5. The summed E-state index contributed by atoms with van der Waals surface area (Å²) in [6, 6.07) is 14.6. The van der Waals surface area contributed by atoms with Gasteiger partial charge in [0.2, 0.25) is 0 Å². The molecule has 12 rings (SSSR count).